The monoisotopic (exact) mass is 475 g/mol. The summed E-state index contributed by atoms with van der Waals surface area (Å²) in [5.74, 6) is 0.367. The van der Waals surface area contributed by atoms with Crippen LogP contribution in [0.1, 0.15) is 54.9 Å². The highest BCUT2D eigenvalue weighted by atomic mass is 16.5. The lowest BCUT2D eigenvalue weighted by Crippen LogP contribution is -2.69. The molecule has 10 heteroatoms. The number of hydrogen-bond donors (Lipinski definition) is 1. The van der Waals surface area contributed by atoms with Crippen LogP contribution in [0.25, 0.3) is 11.2 Å². The Morgan fingerprint density at radius 2 is 1.80 bits per heavy atom. The number of aromatic nitrogens is 5. The smallest absolute Gasteiger partial charge is 0.250 e. The summed E-state index contributed by atoms with van der Waals surface area (Å²) in [4.78, 5) is 45.4. The number of pyridine rings is 1. The third-order valence-corrected chi connectivity index (χ3v) is 8.01. The van der Waals surface area contributed by atoms with Gasteiger partial charge in [0, 0.05) is 31.3 Å². The van der Waals surface area contributed by atoms with Crippen LogP contribution in [0.3, 0.4) is 0 Å². The van der Waals surface area contributed by atoms with E-state index >= 15 is 0 Å². The van der Waals surface area contributed by atoms with E-state index in [1.807, 2.05) is 33.0 Å². The minimum atomic E-state index is -0.396. The topological polar surface area (TPSA) is 129 Å². The molecular weight excluding hydrogens is 446 g/mol. The van der Waals surface area contributed by atoms with E-state index in [4.69, 9.17) is 30.4 Å². The molecule has 35 heavy (non-hydrogen) atoms. The van der Waals surface area contributed by atoms with Gasteiger partial charge in [-0.3, -0.25) is 9.59 Å². The van der Waals surface area contributed by atoms with Crippen molar-refractivity contribution in [1.29, 1.82) is 0 Å². The zero-order valence-electron chi connectivity index (χ0n) is 20.4. The lowest BCUT2D eigenvalue weighted by molar-refractivity contribution is -0.173. The fourth-order valence-electron chi connectivity index (χ4n) is 6.02. The molecule has 4 fully saturated rings. The molecule has 0 aromatic carbocycles. The summed E-state index contributed by atoms with van der Waals surface area (Å²) in [6.07, 6.45) is 3.64. The number of fused-ring (bicyclic) bond motifs is 1. The highest BCUT2D eigenvalue weighted by molar-refractivity contribution is 5.87. The summed E-state index contributed by atoms with van der Waals surface area (Å²) in [5.41, 5.74) is 9.78. The number of morpholine rings is 1. The van der Waals surface area contributed by atoms with Gasteiger partial charge in [0.15, 0.2) is 5.65 Å². The third kappa shape index (κ3) is 3.26. The van der Waals surface area contributed by atoms with E-state index in [0.717, 1.165) is 22.6 Å². The van der Waals surface area contributed by atoms with Crippen LogP contribution in [-0.2, 0) is 22.0 Å². The molecule has 3 aromatic rings. The highest BCUT2D eigenvalue weighted by Crippen LogP contribution is 2.73. The Morgan fingerprint density at radius 3 is 2.49 bits per heavy atom. The number of carbonyl (C=O) groups excluding carboxylic acids is 1. The predicted octanol–water partition coefficient (Wildman–Crippen LogP) is 1.61. The normalized spacial score (nSPS) is 29.5. The summed E-state index contributed by atoms with van der Waals surface area (Å²) in [7, 11) is 1.74. The fraction of sp³-hybridized carbons (Fsp3) is 0.520. The van der Waals surface area contributed by atoms with Crippen molar-refractivity contribution in [2.45, 2.75) is 57.7 Å². The number of hydrogen-bond acceptors (Lipinski definition) is 8. The van der Waals surface area contributed by atoms with Crippen LogP contribution in [0.2, 0.25) is 0 Å². The first-order valence-electron chi connectivity index (χ1n) is 12.0. The Balaban J connectivity index is 1.41. The van der Waals surface area contributed by atoms with Gasteiger partial charge in [-0.05, 0) is 51.7 Å². The maximum absolute atomic E-state index is 12.0. The van der Waals surface area contributed by atoms with Crippen molar-refractivity contribution >= 4 is 23.0 Å². The van der Waals surface area contributed by atoms with E-state index in [9.17, 15) is 9.59 Å². The quantitative estimate of drug-likeness (QED) is 0.603. The van der Waals surface area contributed by atoms with Crippen molar-refractivity contribution in [3.8, 4) is 0 Å². The number of amides is 1. The molecule has 182 valence electrons. The van der Waals surface area contributed by atoms with E-state index in [1.165, 1.54) is 0 Å². The summed E-state index contributed by atoms with van der Waals surface area (Å²) >= 11 is 0. The number of anilines is 1. The number of aryl methyl sites for hydroxylation is 3. The van der Waals surface area contributed by atoms with Gasteiger partial charge >= 0.3 is 0 Å². The molecule has 2 atom stereocenters. The average molecular weight is 476 g/mol. The van der Waals surface area contributed by atoms with Gasteiger partial charge in [-0.2, -0.15) is 4.98 Å². The molecule has 3 aliphatic carbocycles. The molecule has 0 unspecified atom stereocenters. The van der Waals surface area contributed by atoms with Crippen LogP contribution in [0, 0.1) is 19.3 Å². The summed E-state index contributed by atoms with van der Waals surface area (Å²) in [6, 6.07) is 3.38. The molecule has 0 radical (unpaired) electrons. The molecule has 3 aromatic heterocycles. The van der Waals surface area contributed by atoms with Gasteiger partial charge in [0.25, 0.3) is 0 Å². The van der Waals surface area contributed by atoms with Crippen molar-refractivity contribution in [1.82, 2.24) is 24.5 Å². The molecule has 7 rings (SSSR count). The molecule has 1 aliphatic heterocycles. The number of nitrogens with two attached hydrogens (primary N) is 1. The van der Waals surface area contributed by atoms with Crippen LogP contribution in [-0.4, -0.2) is 49.6 Å². The highest BCUT2D eigenvalue weighted by Gasteiger charge is 2.72. The fourth-order valence-corrected chi connectivity index (χ4v) is 6.02. The molecule has 2 N–H and O–H groups in total. The van der Waals surface area contributed by atoms with Crippen molar-refractivity contribution < 1.29 is 9.53 Å². The average Bonchev–Trinajstić information content (AvgIpc) is 2.74. The van der Waals surface area contributed by atoms with Gasteiger partial charge in [-0.25, -0.2) is 15.0 Å². The standard InChI is InChI=1S/C25H29N7O3/c1-13-7-32(9-17(35-13)16-5-6-18(33)31(4)8-16)23-29-20(24-10-25(11-24,12-24)22(26)34)19-21(30-23)28-15(3)14(2)27-19/h5-6,8,13,17H,7,9-12H2,1-4H3,(H2,26,34)/t13-,17-,24?,25?/m1/s1. The van der Waals surface area contributed by atoms with Crippen molar-refractivity contribution in [2.75, 3.05) is 18.0 Å². The maximum atomic E-state index is 12.0. The Kier molecular flexibility index (Phi) is 4.61. The predicted molar refractivity (Wildman–Crippen MR) is 129 cm³/mol. The van der Waals surface area contributed by atoms with E-state index in [-0.39, 0.29) is 29.1 Å². The minimum Gasteiger partial charge on any atom is -0.369 e. The molecule has 4 heterocycles. The first kappa shape index (κ1) is 22.1. The number of primary amides is 1. The second-order valence-corrected chi connectivity index (χ2v) is 10.6. The van der Waals surface area contributed by atoms with Crippen molar-refractivity contribution in [3.05, 3.63) is 51.3 Å². The van der Waals surface area contributed by atoms with Gasteiger partial charge in [-0.1, -0.05) is 0 Å². The molecule has 4 aliphatic rings. The number of ether oxygens (including phenoxy) is 1. The van der Waals surface area contributed by atoms with Gasteiger partial charge in [0.2, 0.25) is 17.4 Å². The Hall–Kier alpha value is -3.40. The lowest BCUT2D eigenvalue weighted by Gasteiger charge is -2.68. The number of nitrogens with zero attached hydrogens (tertiary/aromatic N) is 6. The Bertz CT molecular complexity index is 1430. The molecule has 3 saturated carbocycles. The molecule has 10 nitrogen and oxygen atoms in total. The summed E-state index contributed by atoms with van der Waals surface area (Å²) in [6.45, 7) is 7.06. The van der Waals surface area contributed by atoms with Crippen molar-refractivity contribution in [2.24, 2.45) is 18.2 Å². The molecule has 1 amide bonds. The van der Waals surface area contributed by atoms with E-state index < -0.39 is 5.41 Å². The molecule has 0 spiro atoms. The van der Waals surface area contributed by atoms with Gasteiger partial charge in [0.1, 0.15) is 11.6 Å². The number of rotatable bonds is 4. The zero-order chi connectivity index (χ0) is 24.7. The van der Waals surface area contributed by atoms with E-state index in [2.05, 4.69) is 4.90 Å². The van der Waals surface area contributed by atoms with Crippen LogP contribution >= 0.6 is 0 Å². The van der Waals surface area contributed by atoms with Crippen LogP contribution < -0.4 is 16.2 Å². The first-order chi connectivity index (χ1) is 16.6. The summed E-state index contributed by atoms with van der Waals surface area (Å²) in [5, 5.41) is 0. The van der Waals surface area contributed by atoms with Crippen LogP contribution in [0.15, 0.2) is 23.1 Å². The van der Waals surface area contributed by atoms with Gasteiger partial charge < -0.3 is 19.9 Å². The third-order valence-electron chi connectivity index (χ3n) is 8.01. The van der Waals surface area contributed by atoms with E-state index in [0.29, 0.717) is 49.5 Å². The molecule has 1 saturated heterocycles. The SMILES string of the molecule is Cc1nc2nc(N3C[C@@H](C)O[C@@H](c4ccc(=O)n(C)c4)C3)nc(C34CC(C(N)=O)(C3)C4)c2nc1C. The number of carbonyl (C=O) groups is 1. The first-order valence-corrected chi connectivity index (χ1v) is 12.0. The Morgan fingerprint density at radius 1 is 1.09 bits per heavy atom. The van der Waals surface area contributed by atoms with E-state index in [1.54, 1.807) is 17.7 Å². The second-order valence-electron chi connectivity index (χ2n) is 10.6. The summed E-state index contributed by atoms with van der Waals surface area (Å²) < 4.78 is 7.79. The zero-order valence-corrected chi connectivity index (χ0v) is 20.4. The van der Waals surface area contributed by atoms with Gasteiger partial charge in [-0.15, -0.1) is 0 Å². The van der Waals surface area contributed by atoms with Crippen LogP contribution in [0.4, 0.5) is 5.95 Å². The minimum absolute atomic E-state index is 0.0616. The van der Waals surface area contributed by atoms with Crippen LogP contribution in [0.5, 0.6) is 0 Å². The maximum Gasteiger partial charge on any atom is 0.250 e. The van der Waals surface area contributed by atoms with Crippen molar-refractivity contribution in [3.63, 3.8) is 0 Å². The largest absolute Gasteiger partial charge is 0.369 e. The van der Waals surface area contributed by atoms with Gasteiger partial charge in [0.05, 0.1) is 35.1 Å². The Labute approximate surface area is 202 Å². The molecule has 2 bridgehead atoms. The lowest BCUT2D eigenvalue weighted by atomic mass is 9.34. The molecular formula is C25H29N7O3. The second kappa shape index (κ2) is 7.30.